The Kier molecular flexibility index (Phi) is 4.03. The number of rotatable bonds is 5. The van der Waals surface area contributed by atoms with Crippen LogP contribution in [0.5, 0.6) is 0 Å². The number of hydrogen-bond donors (Lipinski definition) is 1. The van der Waals surface area contributed by atoms with Crippen LogP contribution in [-0.4, -0.2) is 61.7 Å². The first-order valence-electron chi connectivity index (χ1n) is 6.64. The Morgan fingerprint density at radius 1 is 1.41 bits per heavy atom. The van der Waals surface area contributed by atoms with Gasteiger partial charge in [0.25, 0.3) is 0 Å². The lowest BCUT2D eigenvalue weighted by Gasteiger charge is -2.23. The molecule has 2 rings (SSSR count). The highest BCUT2D eigenvalue weighted by molar-refractivity contribution is 4.99. The zero-order valence-corrected chi connectivity index (χ0v) is 11.2. The molecule has 0 bridgehead atoms. The van der Waals surface area contributed by atoms with Crippen LogP contribution in [0.15, 0.2) is 0 Å². The third kappa shape index (κ3) is 3.41. The van der Waals surface area contributed by atoms with Gasteiger partial charge in [-0.3, -0.25) is 10.2 Å². The number of hydrogen-bond acceptors (Lipinski definition) is 4. The number of nitrogens with zero attached hydrogens (tertiary/aromatic N) is 3. The molecule has 1 N–H and O–H groups in total. The van der Waals surface area contributed by atoms with Gasteiger partial charge in [-0.2, -0.15) is 5.26 Å². The molecule has 0 radical (unpaired) electrons. The van der Waals surface area contributed by atoms with E-state index in [2.05, 4.69) is 42.2 Å². The van der Waals surface area contributed by atoms with Crippen molar-refractivity contribution in [1.29, 1.82) is 5.26 Å². The van der Waals surface area contributed by atoms with Gasteiger partial charge < -0.3 is 4.90 Å². The van der Waals surface area contributed by atoms with Crippen LogP contribution in [0.2, 0.25) is 0 Å². The van der Waals surface area contributed by atoms with Gasteiger partial charge in [0.05, 0.1) is 6.07 Å². The van der Waals surface area contributed by atoms with E-state index in [1.54, 1.807) is 0 Å². The minimum absolute atomic E-state index is 0.00983. The summed E-state index contributed by atoms with van der Waals surface area (Å²) in [6, 6.07) is 3.65. The van der Waals surface area contributed by atoms with Crippen molar-refractivity contribution in [3.05, 3.63) is 0 Å². The SMILES string of the molecule is CC1CN(CC(C#N)NC2CC2)CC1N(C)C. The maximum Gasteiger partial charge on any atom is 0.108 e. The Morgan fingerprint density at radius 3 is 2.59 bits per heavy atom. The number of likely N-dealkylation sites (N-methyl/N-ethyl adjacent to an activating group) is 1. The van der Waals surface area contributed by atoms with Crippen molar-refractivity contribution < 1.29 is 0 Å². The average molecular weight is 236 g/mol. The molecule has 0 aromatic rings. The van der Waals surface area contributed by atoms with E-state index in [-0.39, 0.29) is 6.04 Å². The molecule has 0 aromatic heterocycles. The largest absolute Gasteiger partial charge is 0.305 e. The van der Waals surface area contributed by atoms with Gasteiger partial charge in [-0.1, -0.05) is 6.92 Å². The highest BCUT2D eigenvalue weighted by Crippen LogP contribution is 2.22. The maximum absolute atomic E-state index is 9.15. The molecule has 2 fully saturated rings. The van der Waals surface area contributed by atoms with Crippen LogP contribution in [0, 0.1) is 17.2 Å². The second kappa shape index (κ2) is 5.34. The lowest BCUT2D eigenvalue weighted by molar-refractivity contribution is 0.248. The van der Waals surface area contributed by atoms with Crippen molar-refractivity contribution in [2.45, 2.75) is 37.9 Å². The van der Waals surface area contributed by atoms with Crippen molar-refractivity contribution in [3.8, 4) is 6.07 Å². The fourth-order valence-electron chi connectivity index (χ4n) is 2.79. The van der Waals surface area contributed by atoms with Crippen molar-refractivity contribution in [2.75, 3.05) is 33.7 Å². The van der Waals surface area contributed by atoms with E-state index in [1.807, 2.05) is 0 Å². The molecular formula is C13H24N4. The van der Waals surface area contributed by atoms with Crippen molar-refractivity contribution in [2.24, 2.45) is 5.92 Å². The van der Waals surface area contributed by atoms with Gasteiger partial charge >= 0.3 is 0 Å². The van der Waals surface area contributed by atoms with E-state index in [1.165, 1.54) is 12.8 Å². The summed E-state index contributed by atoms with van der Waals surface area (Å²) in [7, 11) is 4.30. The molecule has 4 nitrogen and oxygen atoms in total. The molecule has 3 atom stereocenters. The highest BCUT2D eigenvalue weighted by Gasteiger charge is 2.33. The second-order valence-electron chi connectivity index (χ2n) is 5.85. The summed E-state index contributed by atoms with van der Waals surface area (Å²) in [6.07, 6.45) is 2.49. The predicted octanol–water partition coefficient (Wildman–Crippen LogP) is 0.512. The molecule has 1 aliphatic heterocycles. The van der Waals surface area contributed by atoms with Gasteiger partial charge in [0.15, 0.2) is 0 Å². The van der Waals surface area contributed by atoms with Crippen LogP contribution in [0.3, 0.4) is 0 Å². The molecule has 3 unspecified atom stereocenters. The first-order valence-corrected chi connectivity index (χ1v) is 6.64. The van der Waals surface area contributed by atoms with Gasteiger partial charge in [0.1, 0.15) is 6.04 Å². The molecule has 0 amide bonds. The molecule has 0 spiro atoms. The predicted molar refractivity (Wildman–Crippen MR) is 68.6 cm³/mol. The smallest absolute Gasteiger partial charge is 0.108 e. The number of nitrogens with one attached hydrogen (secondary N) is 1. The zero-order chi connectivity index (χ0) is 12.4. The molecule has 1 saturated heterocycles. The van der Waals surface area contributed by atoms with Crippen LogP contribution in [0.25, 0.3) is 0 Å². The third-order valence-corrected chi connectivity index (χ3v) is 3.92. The maximum atomic E-state index is 9.15. The summed E-state index contributed by atoms with van der Waals surface area (Å²) in [5.41, 5.74) is 0. The summed E-state index contributed by atoms with van der Waals surface area (Å²) in [5.74, 6) is 0.699. The van der Waals surface area contributed by atoms with Crippen molar-refractivity contribution in [1.82, 2.24) is 15.1 Å². The normalized spacial score (nSPS) is 31.7. The van der Waals surface area contributed by atoms with E-state index >= 15 is 0 Å². The summed E-state index contributed by atoms with van der Waals surface area (Å²) in [4.78, 5) is 4.74. The van der Waals surface area contributed by atoms with E-state index in [0.29, 0.717) is 18.0 Å². The Balaban J connectivity index is 1.81. The van der Waals surface area contributed by atoms with Gasteiger partial charge in [-0.15, -0.1) is 0 Å². The van der Waals surface area contributed by atoms with E-state index in [9.17, 15) is 0 Å². The summed E-state index contributed by atoms with van der Waals surface area (Å²) in [5, 5.41) is 12.6. The fourth-order valence-corrected chi connectivity index (χ4v) is 2.79. The first-order chi connectivity index (χ1) is 8.10. The topological polar surface area (TPSA) is 42.3 Å². The van der Waals surface area contributed by atoms with Crippen molar-refractivity contribution in [3.63, 3.8) is 0 Å². The van der Waals surface area contributed by atoms with Gasteiger partial charge in [0, 0.05) is 31.7 Å². The van der Waals surface area contributed by atoms with Crippen LogP contribution < -0.4 is 5.32 Å². The minimum atomic E-state index is 0.00983. The quantitative estimate of drug-likeness (QED) is 0.755. The third-order valence-electron chi connectivity index (χ3n) is 3.92. The highest BCUT2D eigenvalue weighted by atomic mass is 15.2. The second-order valence-corrected chi connectivity index (χ2v) is 5.85. The zero-order valence-electron chi connectivity index (χ0n) is 11.2. The van der Waals surface area contributed by atoms with E-state index in [0.717, 1.165) is 19.6 Å². The Bertz CT molecular complexity index is 292. The van der Waals surface area contributed by atoms with Crippen LogP contribution >= 0.6 is 0 Å². The van der Waals surface area contributed by atoms with E-state index in [4.69, 9.17) is 5.26 Å². The van der Waals surface area contributed by atoms with Gasteiger partial charge in [-0.05, 0) is 32.9 Å². The Hall–Kier alpha value is -0.630. The monoisotopic (exact) mass is 236 g/mol. The fraction of sp³-hybridized carbons (Fsp3) is 0.923. The van der Waals surface area contributed by atoms with Crippen LogP contribution in [0.1, 0.15) is 19.8 Å². The van der Waals surface area contributed by atoms with Gasteiger partial charge in [0.2, 0.25) is 0 Å². The molecule has 96 valence electrons. The molecule has 1 saturated carbocycles. The lowest BCUT2D eigenvalue weighted by Crippen LogP contribution is -2.41. The molecular weight excluding hydrogens is 212 g/mol. The first kappa shape index (κ1) is 12.8. The lowest BCUT2D eigenvalue weighted by atomic mass is 10.1. The van der Waals surface area contributed by atoms with E-state index < -0.39 is 0 Å². The standard InChI is InChI=1S/C13H24N4/c1-10-7-17(9-13(10)16(2)3)8-12(6-14)15-11-4-5-11/h10-13,15H,4-5,7-9H2,1-3H3. The summed E-state index contributed by atoms with van der Waals surface area (Å²) < 4.78 is 0. The Morgan fingerprint density at radius 2 is 2.12 bits per heavy atom. The summed E-state index contributed by atoms with van der Waals surface area (Å²) in [6.45, 7) is 5.40. The Labute approximate surface area is 105 Å². The molecule has 0 aromatic carbocycles. The number of nitriles is 1. The molecule has 1 heterocycles. The van der Waals surface area contributed by atoms with Crippen LogP contribution in [-0.2, 0) is 0 Å². The molecule has 4 heteroatoms. The molecule has 2 aliphatic rings. The number of likely N-dealkylation sites (tertiary alicyclic amines) is 1. The average Bonchev–Trinajstić information content (AvgIpc) is 3.00. The minimum Gasteiger partial charge on any atom is -0.305 e. The molecule has 1 aliphatic carbocycles. The summed E-state index contributed by atoms with van der Waals surface area (Å²) >= 11 is 0. The van der Waals surface area contributed by atoms with Gasteiger partial charge in [-0.25, -0.2) is 0 Å². The van der Waals surface area contributed by atoms with Crippen molar-refractivity contribution >= 4 is 0 Å². The molecule has 17 heavy (non-hydrogen) atoms. The van der Waals surface area contributed by atoms with Crippen LogP contribution in [0.4, 0.5) is 0 Å².